The SMILES string of the molecule is CN(CCC(=O)Nc1sccc1C#N)CC(=O)NC(C)(C)C. The van der Waals surface area contributed by atoms with Gasteiger partial charge in [-0.15, -0.1) is 11.3 Å². The van der Waals surface area contributed by atoms with Gasteiger partial charge in [0.15, 0.2) is 0 Å². The molecule has 2 N–H and O–H groups in total. The molecule has 1 aromatic rings. The van der Waals surface area contributed by atoms with Gasteiger partial charge in [0.05, 0.1) is 12.1 Å². The largest absolute Gasteiger partial charge is 0.350 e. The number of carbonyl (C=O) groups excluding carboxylic acids is 2. The minimum absolute atomic E-state index is 0.0690. The number of rotatable bonds is 6. The van der Waals surface area contributed by atoms with Crippen LogP contribution in [0.3, 0.4) is 0 Å². The number of thiophene rings is 1. The number of amides is 2. The zero-order valence-corrected chi connectivity index (χ0v) is 14.2. The molecule has 0 saturated carbocycles. The van der Waals surface area contributed by atoms with Crippen molar-refractivity contribution >= 4 is 28.2 Å². The lowest BCUT2D eigenvalue weighted by Gasteiger charge is -2.23. The van der Waals surface area contributed by atoms with Crippen LogP contribution in [0.1, 0.15) is 32.8 Å². The Morgan fingerprint density at radius 3 is 2.64 bits per heavy atom. The highest BCUT2D eigenvalue weighted by atomic mass is 32.1. The fraction of sp³-hybridized carbons (Fsp3) is 0.533. The standard InChI is InChI=1S/C15H22N4O2S/c1-15(2,3)18-13(21)10-19(4)7-5-12(20)17-14-11(9-16)6-8-22-14/h6,8H,5,7,10H2,1-4H3,(H,17,20)(H,18,21). The first-order valence-electron chi connectivity index (χ1n) is 6.98. The number of carbonyl (C=O) groups is 2. The summed E-state index contributed by atoms with van der Waals surface area (Å²) in [6, 6.07) is 3.70. The molecule has 1 heterocycles. The molecule has 1 aromatic heterocycles. The van der Waals surface area contributed by atoms with Crippen molar-refractivity contribution in [3.8, 4) is 6.07 Å². The topological polar surface area (TPSA) is 85.2 Å². The molecule has 1 rings (SSSR count). The van der Waals surface area contributed by atoms with Gasteiger partial charge in [-0.25, -0.2) is 0 Å². The van der Waals surface area contributed by atoms with E-state index >= 15 is 0 Å². The second-order valence-electron chi connectivity index (χ2n) is 6.11. The molecular formula is C15H22N4O2S. The maximum Gasteiger partial charge on any atom is 0.234 e. The number of nitrogens with one attached hydrogen (secondary N) is 2. The van der Waals surface area contributed by atoms with Crippen LogP contribution in [0.5, 0.6) is 0 Å². The number of nitriles is 1. The molecule has 0 atom stereocenters. The number of anilines is 1. The second-order valence-corrected chi connectivity index (χ2v) is 7.03. The van der Waals surface area contributed by atoms with E-state index in [2.05, 4.69) is 10.6 Å². The van der Waals surface area contributed by atoms with Crippen molar-refractivity contribution in [3.63, 3.8) is 0 Å². The molecule has 0 radical (unpaired) electrons. The molecule has 0 aliphatic heterocycles. The monoisotopic (exact) mass is 322 g/mol. The van der Waals surface area contributed by atoms with Gasteiger partial charge in [0, 0.05) is 18.5 Å². The van der Waals surface area contributed by atoms with Crippen LogP contribution < -0.4 is 10.6 Å². The summed E-state index contributed by atoms with van der Waals surface area (Å²) in [4.78, 5) is 25.4. The first-order chi connectivity index (χ1) is 10.2. The van der Waals surface area contributed by atoms with Gasteiger partial charge < -0.3 is 10.6 Å². The Morgan fingerprint density at radius 1 is 1.36 bits per heavy atom. The predicted octanol–water partition coefficient (Wildman–Crippen LogP) is 1.79. The molecule has 0 bridgehead atoms. The van der Waals surface area contributed by atoms with Crippen molar-refractivity contribution in [1.29, 1.82) is 5.26 Å². The third-order valence-electron chi connectivity index (χ3n) is 2.69. The van der Waals surface area contributed by atoms with E-state index in [1.165, 1.54) is 11.3 Å². The van der Waals surface area contributed by atoms with E-state index in [4.69, 9.17) is 5.26 Å². The molecule has 0 fully saturated rings. The molecule has 0 aliphatic rings. The maximum atomic E-state index is 11.9. The van der Waals surface area contributed by atoms with Crippen LogP contribution in [0.25, 0.3) is 0 Å². The van der Waals surface area contributed by atoms with E-state index in [-0.39, 0.29) is 30.3 Å². The van der Waals surface area contributed by atoms with Crippen LogP contribution in [-0.2, 0) is 9.59 Å². The van der Waals surface area contributed by atoms with Gasteiger partial charge in [0.25, 0.3) is 0 Å². The van der Waals surface area contributed by atoms with Crippen molar-refractivity contribution in [3.05, 3.63) is 17.0 Å². The number of hydrogen-bond donors (Lipinski definition) is 2. The Balaban J connectivity index is 2.35. The van der Waals surface area contributed by atoms with Crippen LogP contribution in [0.2, 0.25) is 0 Å². The summed E-state index contributed by atoms with van der Waals surface area (Å²) in [6.45, 7) is 6.48. The molecule has 0 unspecified atom stereocenters. The average Bonchev–Trinajstić information content (AvgIpc) is 2.81. The lowest BCUT2D eigenvalue weighted by Crippen LogP contribution is -2.45. The van der Waals surface area contributed by atoms with Gasteiger partial charge in [-0.05, 0) is 39.3 Å². The van der Waals surface area contributed by atoms with Crippen LogP contribution in [-0.4, -0.2) is 42.4 Å². The Bertz CT molecular complexity index is 569. The molecule has 22 heavy (non-hydrogen) atoms. The Labute approximate surface area is 135 Å². The van der Waals surface area contributed by atoms with Crippen molar-refractivity contribution in [2.75, 3.05) is 25.5 Å². The summed E-state index contributed by atoms with van der Waals surface area (Å²) in [5.41, 5.74) is 0.207. The second kappa shape index (κ2) is 7.92. The summed E-state index contributed by atoms with van der Waals surface area (Å²) < 4.78 is 0. The lowest BCUT2D eigenvalue weighted by atomic mass is 10.1. The molecule has 0 aromatic carbocycles. The highest BCUT2D eigenvalue weighted by Gasteiger charge is 2.15. The molecule has 0 spiro atoms. The Hall–Kier alpha value is -1.91. The number of likely N-dealkylation sites (N-methyl/N-ethyl adjacent to an activating group) is 1. The highest BCUT2D eigenvalue weighted by molar-refractivity contribution is 7.14. The van der Waals surface area contributed by atoms with E-state index in [0.717, 1.165) is 0 Å². The molecule has 7 heteroatoms. The van der Waals surface area contributed by atoms with Gasteiger partial charge in [-0.3, -0.25) is 14.5 Å². The Kier molecular flexibility index (Phi) is 6.53. The predicted molar refractivity (Wildman–Crippen MR) is 87.7 cm³/mol. The maximum absolute atomic E-state index is 11.9. The first-order valence-corrected chi connectivity index (χ1v) is 7.86. The van der Waals surface area contributed by atoms with Crippen LogP contribution in [0.15, 0.2) is 11.4 Å². The van der Waals surface area contributed by atoms with Gasteiger partial charge in [-0.2, -0.15) is 5.26 Å². The van der Waals surface area contributed by atoms with Crippen molar-refractivity contribution in [2.45, 2.75) is 32.7 Å². The zero-order chi connectivity index (χ0) is 16.8. The quantitative estimate of drug-likeness (QED) is 0.836. The molecule has 120 valence electrons. The molecular weight excluding hydrogens is 300 g/mol. The molecule has 2 amide bonds. The van der Waals surface area contributed by atoms with E-state index in [9.17, 15) is 9.59 Å². The van der Waals surface area contributed by atoms with Crippen molar-refractivity contribution in [2.24, 2.45) is 0 Å². The van der Waals surface area contributed by atoms with Crippen LogP contribution in [0.4, 0.5) is 5.00 Å². The van der Waals surface area contributed by atoms with E-state index in [1.807, 2.05) is 26.8 Å². The smallest absolute Gasteiger partial charge is 0.234 e. The summed E-state index contributed by atoms with van der Waals surface area (Å²) >= 11 is 1.32. The lowest BCUT2D eigenvalue weighted by molar-refractivity contribution is -0.124. The highest BCUT2D eigenvalue weighted by Crippen LogP contribution is 2.22. The van der Waals surface area contributed by atoms with Crippen LogP contribution >= 0.6 is 11.3 Å². The van der Waals surface area contributed by atoms with E-state index in [0.29, 0.717) is 17.1 Å². The summed E-state index contributed by atoms with van der Waals surface area (Å²) in [5.74, 6) is -0.234. The fourth-order valence-corrected chi connectivity index (χ4v) is 2.51. The third-order valence-corrected chi connectivity index (χ3v) is 3.52. The summed E-state index contributed by atoms with van der Waals surface area (Å²) in [5, 5.41) is 16.8. The van der Waals surface area contributed by atoms with Gasteiger partial charge in [-0.1, -0.05) is 0 Å². The number of nitrogens with zero attached hydrogens (tertiary/aromatic N) is 2. The third kappa shape index (κ3) is 6.70. The minimum atomic E-state index is -0.262. The molecule has 0 aliphatic carbocycles. The molecule has 6 nitrogen and oxygen atoms in total. The normalized spacial score (nSPS) is 11.1. The summed E-state index contributed by atoms with van der Waals surface area (Å²) in [6.07, 6.45) is 0.266. The van der Waals surface area contributed by atoms with Crippen molar-refractivity contribution < 1.29 is 9.59 Å². The van der Waals surface area contributed by atoms with Crippen LogP contribution in [0, 0.1) is 11.3 Å². The van der Waals surface area contributed by atoms with Gasteiger partial charge in [0.1, 0.15) is 11.1 Å². The molecule has 0 saturated heterocycles. The van der Waals surface area contributed by atoms with E-state index in [1.54, 1.807) is 23.4 Å². The van der Waals surface area contributed by atoms with Gasteiger partial charge >= 0.3 is 0 Å². The minimum Gasteiger partial charge on any atom is -0.350 e. The summed E-state index contributed by atoms with van der Waals surface area (Å²) in [7, 11) is 1.79. The average molecular weight is 322 g/mol. The zero-order valence-electron chi connectivity index (χ0n) is 13.4. The van der Waals surface area contributed by atoms with Gasteiger partial charge in [0.2, 0.25) is 11.8 Å². The Morgan fingerprint density at radius 2 is 2.05 bits per heavy atom. The van der Waals surface area contributed by atoms with E-state index < -0.39 is 0 Å². The number of hydrogen-bond acceptors (Lipinski definition) is 5. The fourth-order valence-electron chi connectivity index (χ4n) is 1.76. The first kappa shape index (κ1) is 18.1. The van der Waals surface area contributed by atoms with Crippen molar-refractivity contribution in [1.82, 2.24) is 10.2 Å².